The number of carbonyl (C=O) groups is 1. The van der Waals surface area contributed by atoms with Crippen molar-refractivity contribution in [3.8, 4) is 0 Å². The van der Waals surface area contributed by atoms with E-state index in [4.69, 9.17) is 0 Å². The number of nitrogens with zero attached hydrogens (tertiary/aromatic N) is 1. The molecular weight excluding hydrogens is 324 g/mol. The van der Waals surface area contributed by atoms with Gasteiger partial charge >= 0.3 is 0 Å². The van der Waals surface area contributed by atoms with Gasteiger partial charge in [-0.25, -0.2) is 4.98 Å². The average molecular weight is 334 g/mol. The molecule has 1 fully saturated rings. The van der Waals surface area contributed by atoms with Gasteiger partial charge in [0.1, 0.15) is 5.69 Å². The minimum atomic E-state index is -0.108. The number of nitrogens with one attached hydrogen (secondary N) is 1. The van der Waals surface area contributed by atoms with Gasteiger partial charge in [-0.1, -0.05) is 6.92 Å². The van der Waals surface area contributed by atoms with Gasteiger partial charge in [-0.3, -0.25) is 4.79 Å². The zero-order chi connectivity index (χ0) is 11.0. The molecule has 2 atom stereocenters. The number of hydrogen-bond acceptors (Lipinski definition) is 2. The van der Waals surface area contributed by atoms with E-state index in [1.54, 1.807) is 6.20 Å². The standard InChI is InChI=1S/C10H10Br2N2O/c1-5-2-8(5)14-10(15)9-7(12)3-6(11)4-13-9/h3-5,8H,2H2,1H3,(H,14,15)/t5-,8+/m1/s1. The first kappa shape index (κ1) is 11.1. The van der Waals surface area contributed by atoms with E-state index in [0.29, 0.717) is 22.1 Å². The molecule has 0 saturated heterocycles. The van der Waals surface area contributed by atoms with Crippen molar-refractivity contribution < 1.29 is 4.79 Å². The van der Waals surface area contributed by atoms with Gasteiger partial charge in [0.05, 0.1) is 4.47 Å². The molecule has 80 valence electrons. The van der Waals surface area contributed by atoms with E-state index in [0.717, 1.165) is 10.9 Å². The highest BCUT2D eigenvalue weighted by Crippen LogP contribution is 2.29. The van der Waals surface area contributed by atoms with Gasteiger partial charge in [0.15, 0.2) is 0 Å². The Kier molecular flexibility index (Phi) is 3.11. The molecule has 1 saturated carbocycles. The summed E-state index contributed by atoms with van der Waals surface area (Å²) in [6.07, 6.45) is 2.69. The van der Waals surface area contributed by atoms with Gasteiger partial charge in [-0.2, -0.15) is 0 Å². The van der Waals surface area contributed by atoms with Crippen LogP contribution < -0.4 is 5.32 Å². The van der Waals surface area contributed by atoms with E-state index < -0.39 is 0 Å². The summed E-state index contributed by atoms with van der Waals surface area (Å²) in [5, 5.41) is 2.93. The third-order valence-corrected chi connectivity index (χ3v) is 3.49. The predicted octanol–water partition coefficient (Wildman–Crippen LogP) is 2.74. The van der Waals surface area contributed by atoms with Crippen LogP contribution in [-0.4, -0.2) is 16.9 Å². The third kappa shape index (κ3) is 2.58. The number of hydrogen-bond donors (Lipinski definition) is 1. The number of carbonyl (C=O) groups excluding carboxylic acids is 1. The van der Waals surface area contributed by atoms with Crippen molar-refractivity contribution in [1.29, 1.82) is 0 Å². The number of rotatable bonds is 2. The van der Waals surface area contributed by atoms with Gasteiger partial charge < -0.3 is 5.32 Å². The van der Waals surface area contributed by atoms with E-state index in [1.165, 1.54) is 0 Å². The SMILES string of the molecule is C[C@@H]1C[C@@H]1NC(=O)c1ncc(Br)cc1Br. The van der Waals surface area contributed by atoms with Crippen LogP contribution in [0.15, 0.2) is 21.2 Å². The Balaban J connectivity index is 2.11. The Morgan fingerprint density at radius 3 is 2.80 bits per heavy atom. The van der Waals surface area contributed by atoms with Gasteiger partial charge in [0, 0.05) is 16.7 Å². The van der Waals surface area contributed by atoms with Crippen molar-refractivity contribution in [2.24, 2.45) is 5.92 Å². The van der Waals surface area contributed by atoms with Crippen molar-refractivity contribution >= 4 is 37.8 Å². The molecule has 1 heterocycles. The van der Waals surface area contributed by atoms with E-state index in [9.17, 15) is 4.79 Å². The average Bonchev–Trinajstić information content (AvgIpc) is 2.81. The Morgan fingerprint density at radius 1 is 1.60 bits per heavy atom. The quantitative estimate of drug-likeness (QED) is 0.904. The fraction of sp³-hybridized carbons (Fsp3) is 0.400. The lowest BCUT2D eigenvalue weighted by Crippen LogP contribution is -2.27. The highest BCUT2D eigenvalue weighted by atomic mass is 79.9. The maximum Gasteiger partial charge on any atom is 0.271 e. The highest BCUT2D eigenvalue weighted by molar-refractivity contribution is 9.11. The number of amides is 1. The molecule has 2 rings (SSSR count). The van der Waals surface area contributed by atoms with E-state index in [2.05, 4.69) is 49.1 Å². The summed E-state index contributed by atoms with van der Waals surface area (Å²) >= 11 is 6.61. The fourth-order valence-electron chi connectivity index (χ4n) is 1.34. The number of aromatic nitrogens is 1. The molecule has 3 nitrogen and oxygen atoms in total. The van der Waals surface area contributed by atoms with Crippen molar-refractivity contribution in [2.45, 2.75) is 19.4 Å². The normalized spacial score (nSPS) is 23.7. The van der Waals surface area contributed by atoms with Crippen molar-refractivity contribution in [3.05, 3.63) is 26.9 Å². The summed E-state index contributed by atoms with van der Waals surface area (Å²) in [4.78, 5) is 15.8. The maximum atomic E-state index is 11.8. The van der Waals surface area contributed by atoms with Gasteiger partial charge in [-0.05, 0) is 50.3 Å². The molecule has 0 aliphatic heterocycles. The van der Waals surface area contributed by atoms with Crippen LogP contribution in [0.5, 0.6) is 0 Å². The predicted molar refractivity (Wildman–Crippen MR) is 64.7 cm³/mol. The first-order chi connectivity index (χ1) is 7.08. The summed E-state index contributed by atoms with van der Waals surface area (Å²) in [6, 6.07) is 2.15. The summed E-state index contributed by atoms with van der Waals surface area (Å²) < 4.78 is 1.56. The molecule has 1 aromatic heterocycles. The molecule has 5 heteroatoms. The Bertz CT molecular complexity index is 408. The van der Waals surface area contributed by atoms with Crippen LogP contribution in [0.3, 0.4) is 0 Å². The molecule has 0 bridgehead atoms. The smallest absolute Gasteiger partial charge is 0.271 e. The molecule has 0 unspecified atom stereocenters. The van der Waals surface area contributed by atoms with Gasteiger partial charge in [0.25, 0.3) is 5.91 Å². The van der Waals surface area contributed by atoms with Crippen LogP contribution in [0.1, 0.15) is 23.8 Å². The molecule has 0 aromatic carbocycles. The van der Waals surface area contributed by atoms with Crippen LogP contribution in [0, 0.1) is 5.92 Å². The molecule has 0 spiro atoms. The summed E-state index contributed by atoms with van der Waals surface area (Å²) in [6.45, 7) is 2.12. The second-order valence-corrected chi connectivity index (χ2v) is 5.55. The van der Waals surface area contributed by atoms with Crippen molar-refractivity contribution in [3.63, 3.8) is 0 Å². The first-order valence-electron chi connectivity index (χ1n) is 4.70. The lowest BCUT2D eigenvalue weighted by atomic mass is 10.3. The van der Waals surface area contributed by atoms with Gasteiger partial charge in [-0.15, -0.1) is 0 Å². The topological polar surface area (TPSA) is 42.0 Å². The summed E-state index contributed by atoms with van der Waals surface area (Å²) in [5.41, 5.74) is 0.442. The fourth-order valence-corrected chi connectivity index (χ4v) is 2.51. The zero-order valence-electron chi connectivity index (χ0n) is 8.13. The molecule has 0 radical (unpaired) electrons. The Labute approximate surface area is 105 Å². The monoisotopic (exact) mass is 332 g/mol. The minimum Gasteiger partial charge on any atom is -0.348 e. The number of pyridine rings is 1. The first-order valence-corrected chi connectivity index (χ1v) is 6.28. The third-order valence-electron chi connectivity index (χ3n) is 2.45. The van der Waals surface area contributed by atoms with Crippen LogP contribution in [0.25, 0.3) is 0 Å². The number of halogens is 2. The second kappa shape index (κ2) is 4.22. The van der Waals surface area contributed by atoms with Crippen LogP contribution >= 0.6 is 31.9 Å². The second-order valence-electron chi connectivity index (χ2n) is 3.78. The molecule has 1 aliphatic carbocycles. The van der Waals surface area contributed by atoms with Gasteiger partial charge in [0.2, 0.25) is 0 Å². The highest BCUT2D eigenvalue weighted by Gasteiger charge is 2.34. The van der Waals surface area contributed by atoms with Crippen LogP contribution in [-0.2, 0) is 0 Å². The molecule has 1 amide bonds. The summed E-state index contributed by atoms with van der Waals surface area (Å²) in [5.74, 6) is 0.492. The Morgan fingerprint density at radius 2 is 2.27 bits per heavy atom. The molecule has 15 heavy (non-hydrogen) atoms. The van der Waals surface area contributed by atoms with Crippen molar-refractivity contribution in [2.75, 3.05) is 0 Å². The lowest BCUT2D eigenvalue weighted by Gasteiger charge is -2.05. The van der Waals surface area contributed by atoms with E-state index in [-0.39, 0.29) is 5.91 Å². The summed E-state index contributed by atoms with van der Waals surface area (Å²) in [7, 11) is 0. The van der Waals surface area contributed by atoms with Crippen LogP contribution in [0.2, 0.25) is 0 Å². The largest absolute Gasteiger partial charge is 0.348 e. The van der Waals surface area contributed by atoms with E-state index >= 15 is 0 Å². The molecule has 1 N–H and O–H groups in total. The minimum absolute atomic E-state index is 0.108. The maximum absolute atomic E-state index is 11.8. The van der Waals surface area contributed by atoms with Crippen LogP contribution in [0.4, 0.5) is 0 Å². The molecule has 1 aromatic rings. The Hall–Kier alpha value is -0.420. The molecular formula is C10H10Br2N2O. The molecule has 1 aliphatic rings. The lowest BCUT2D eigenvalue weighted by molar-refractivity contribution is 0.0943. The van der Waals surface area contributed by atoms with E-state index in [1.807, 2.05) is 6.07 Å². The van der Waals surface area contributed by atoms with Crippen molar-refractivity contribution in [1.82, 2.24) is 10.3 Å². The zero-order valence-corrected chi connectivity index (χ0v) is 11.3.